The fourth-order valence-corrected chi connectivity index (χ4v) is 3.64. The molecule has 2 aromatic rings. The molecule has 3 N–H and O–H groups in total. The quantitative estimate of drug-likeness (QED) is 0.377. The van der Waals surface area contributed by atoms with E-state index in [0.29, 0.717) is 23.5 Å². The monoisotopic (exact) mass is 418 g/mol. The number of thioether (sulfide) groups is 1. The van der Waals surface area contributed by atoms with Gasteiger partial charge < -0.3 is 20.1 Å². The lowest BCUT2D eigenvalue weighted by Crippen LogP contribution is -2.20. The van der Waals surface area contributed by atoms with Crippen LogP contribution in [0.25, 0.3) is 0 Å². The smallest absolute Gasteiger partial charge is 0.307 e. The number of phenolic OH excluding ortho intramolecular Hbond substituents is 1. The Hall–Kier alpha value is -2.51. The number of Topliss-reactive ketones (excluding diaryl/α,β-unsaturated/α-hetero) is 1. The standard InChI is InChI=1S/C22H26O6S/c1-3-4-19-20(10-9-18(14(2)23)22(19)27)28-12-16(24)13-29-17-7-5-15(6-8-17)11-21(25)26/h5-10,16,24,27H,3-4,11-13H2,1-2H3,(H,25,26). The summed E-state index contributed by atoms with van der Waals surface area (Å²) in [5, 5.41) is 29.4. The van der Waals surface area contributed by atoms with Crippen molar-refractivity contribution in [2.75, 3.05) is 12.4 Å². The number of aliphatic hydroxyl groups excluding tert-OH is 1. The van der Waals surface area contributed by atoms with Gasteiger partial charge in [-0.15, -0.1) is 11.8 Å². The van der Waals surface area contributed by atoms with Crippen LogP contribution in [0.3, 0.4) is 0 Å². The fraction of sp³-hybridized carbons (Fsp3) is 0.364. The van der Waals surface area contributed by atoms with Crippen LogP contribution in [0.4, 0.5) is 0 Å². The van der Waals surface area contributed by atoms with Gasteiger partial charge in [0.15, 0.2) is 5.78 Å². The molecule has 29 heavy (non-hydrogen) atoms. The summed E-state index contributed by atoms with van der Waals surface area (Å²) in [5.41, 5.74) is 1.57. The molecule has 2 aromatic carbocycles. The number of aromatic hydroxyl groups is 1. The molecule has 0 saturated carbocycles. The number of aliphatic carboxylic acids is 1. The number of hydrogen-bond donors (Lipinski definition) is 3. The molecule has 0 aromatic heterocycles. The van der Waals surface area contributed by atoms with Gasteiger partial charge in [-0.25, -0.2) is 0 Å². The first-order valence-corrected chi connectivity index (χ1v) is 10.4. The number of ether oxygens (including phenoxy) is 1. The van der Waals surface area contributed by atoms with Crippen molar-refractivity contribution < 1.29 is 29.6 Å². The van der Waals surface area contributed by atoms with Gasteiger partial charge in [-0.3, -0.25) is 9.59 Å². The largest absolute Gasteiger partial charge is 0.507 e. The van der Waals surface area contributed by atoms with Crippen LogP contribution < -0.4 is 4.74 Å². The topological polar surface area (TPSA) is 104 Å². The Balaban J connectivity index is 1.93. The van der Waals surface area contributed by atoms with Gasteiger partial charge in [0.2, 0.25) is 0 Å². The number of benzene rings is 2. The molecular formula is C22H26O6S. The molecule has 7 heteroatoms. The van der Waals surface area contributed by atoms with E-state index in [0.717, 1.165) is 16.9 Å². The van der Waals surface area contributed by atoms with Gasteiger partial charge in [0.25, 0.3) is 0 Å². The minimum atomic E-state index is -0.872. The molecule has 1 atom stereocenters. The van der Waals surface area contributed by atoms with Crippen LogP contribution in [-0.2, 0) is 17.6 Å². The van der Waals surface area contributed by atoms with E-state index in [2.05, 4.69) is 0 Å². The van der Waals surface area contributed by atoms with Gasteiger partial charge in [0.05, 0.1) is 18.1 Å². The molecule has 2 rings (SSSR count). The number of ketones is 1. The molecule has 0 fully saturated rings. The summed E-state index contributed by atoms with van der Waals surface area (Å²) in [7, 11) is 0. The Morgan fingerprint density at radius 3 is 2.41 bits per heavy atom. The maximum atomic E-state index is 11.6. The van der Waals surface area contributed by atoms with E-state index in [9.17, 15) is 19.8 Å². The number of aliphatic hydroxyl groups is 1. The molecule has 0 aliphatic rings. The summed E-state index contributed by atoms with van der Waals surface area (Å²) in [6.45, 7) is 3.43. The van der Waals surface area contributed by atoms with Crippen LogP contribution in [0, 0.1) is 0 Å². The minimum Gasteiger partial charge on any atom is -0.507 e. The summed E-state index contributed by atoms with van der Waals surface area (Å²) in [6, 6.07) is 10.4. The Labute approximate surface area is 174 Å². The van der Waals surface area contributed by atoms with Crippen molar-refractivity contribution in [3.8, 4) is 11.5 Å². The van der Waals surface area contributed by atoms with Crippen molar-refractivity contribution in [3.05, 3.63) is 53.1 Å². The Morgan fingerprint density at radius 1 is 1.14 bits per heavy atom. The second-order valence-corrected chi connectivity index (χ2v) is 7.83. The molecule has 6 nitrogen and oxygen atoms in total. The predicted molar refractivity (Wildman–Crippen MR) is 112 cm³/mol. The highest BCUT2D eigenvalue weighted by atomic mass is 32.2. The lowest BCUT2D eigenvalue weighted by molar-refractivity contribution is -0.136. The molecular weight excluding hydrogens is 392 g/mol. The van der Waals surface area contributed by atoms with Crippen LogP contribution >= 0.6 is 11.8 Å². The Morgan fingerprint density at radius 2 is 1.83 bits per heavy atom. The van der Waals surface area contributed by atoms with Crippen molar-refractivity contribution in [2.24, 2.45) is 0 Å². The summed E-state index contributed by atoms with van der Waals surface area (Å²) in [6.07, 6.45) is 0.594. The second kappa shape index (κ2) is 10.9. The third kappa shape index (κ3) is 6.80. The average Bonchev–Trinajstić information content (AvgIpc) is 2.67. The van der Waals surface area contributed by atoms with Gasteiger partial charge >= 0.3 is 5.97 Å². The van der Waals surface area contributed by atoms with Crippen molar-refractivity contribution in [3.63, 3.8) is 0 Å². The highest BCUT2D eigenvalue weighted by Crippen LogP contribution is 2.33. The summed E-state index contributed by atoms with van der Waals surface area (Å²) >= 11 is 1.44. The Kier molecular flexibility index (Phi) is 8.54. The third-order valence-electron chi connectivity index (χ3n) is 4.27. The zero-order chi connectivity index (χ0) is 21.4. The number of carbonyl (C=O) groups excluding carboxylic acids is 1. The summed E-state index contributed by atoms with van der Waals surface area (Å²) in [5.74, 6) is -0.266. The molecule has 0 radical (unpaired) electrons. The normalized spacial score (nSPS) is 11.8. The third-order valence-corrected chi connectivity index (χ3v) is 5.43. The van der Waals surface area contributed by atoms with E-state index in [4.69, 9.17) is 9.84 Å². The van der Waals surface area contributed by atoms with Crippen LogP contribution in [-0.4, -0.2) is 45.5 Å². The van der Waals surface area contributed by atoms with Crippen molar-refractivity contribution in [1.82, 2.24) is 0 Å². The number of carboxylic acids is 1. The molecule has 1 unspecified atom stereocenters. The molecule has 0 saturated heterocycles. The average molecular weight is 419 g/mol. The predicted octanol–water partition coefficient (Wildman–Crippen LogP) is 3.71. The van der Waals surface area contributed by atoms with E-state index in [1.807, 2.05) is 19.1 Å². The lowest BCUT2D eigenvalue weighted by Gasteiger charge is -2.17. The van der Waals surface area contributed by atoms with E-state index >= 15 is 0 Å². The SMILES string of the molecule is CCCc1c(OCC(O)CSc2ccc(CC(=O)O)cc2)ccc(C(C)=O)c1O. The molecule has 0 bridgehead atoms. The van der Waals surface area contributed by atoms with Crippen LogP contribution in [0.15, 0.2) is 41.3 Å². The minimum absolute atomic E-state index is 0.0171. The lowest BCUT2D eigenvalue weighted by atomic mass is 10.0. The van der Waals surface area contributed by atoms with Crippen LogP contribution in [0.1, 0.15) is 41.8 Å². The molecule has 0 amide bonds. The number of phenols is 1. The first-order valence-electron chi connectivity index (χ1n) is 9.42. The molecule has 0 aliphatic heterocycles. The van der Waals surface area contributed by atoms with Gasteiger partial charge in [-0.2, -0.15) is 0 Å². The van der Waals surface area contributed by atoms with Gasteiger partial charge in [0.1, 0.15) is 18.1 Å². The maximum absolute atomic E-state index is 11.6. The molecule has 0 aliphatic carbocycles. The van der Waals surface area contributed by atoms with Gasteiger partial charge in [0, 0.05) is 16.2 Å². The Bertz CT molecular complexity index is 847. The number of carboxylic acid groups (broad SMARTS) is 1. The van der Waals surface area contributed by atoms with Crippen LogP contribution in [0.5, 0.6) is 11.5 Å². The number of carbonyl (C=O) groups is 2. The van der Waals surface area contributed by atoms with Gasteiger partial charge in [-0.05, 0) is 43.2 Å². The van der Waals surface area contributed by atoms with Crippen molar-refractivity contribution in [2.45, 2.75) is 44.1 Å². The van der Waals surface area contributed by atoms with E-state index in [1.165, 1.54) is 24.8 Å². The molecule has 0 heterocycles. The van der Waals surface area contributed by atoms with E-state index in [1.54, 1.807) is 18.2 Å². The first kappa shape index (κ1) is 22.8. The first-order chi connectivity index (χ1) is 13.8. The fourth-order valence-electron chi connectivity index (χ4n) is 2.83. The zero-order valence-corrected chi connectivity index (χ0v) is 17.4. The second-order valence-electron chi connectivity index (χ2n) is 6.73. The van der Waals surface area contributed by atoms with Crippen molar-refractivity contribution in [1.29, 1.82) is 0 Å². The maximum Gasteiger partial charge on any atom is 0.307 e. The van der Waals surface area contributed by atoms with Crippen LogP contribution in [0.2, 0.25) is 0 Å². The highest BCUT2D eigenvalue weighted by molar-refractivity contribution is 7.99. The van der Waals surface area contributed by atoms with E-state index in [-0.39, 0.29) is 30.1 Å². The molecule has 156 valence electrons. The summed E-state index contributed by atoms with van der Waals surface area (Å²) < 4.78 is 5.72. The number of rotatable bonds is 11. The molecule has 0 spiro atoms. The van der Waals surface area contributed by atoms with E-state index < -0.39 is 12.1 Å². The summed E-state index contributed by atoms with van der Waals surface area (Å²) in [4.78, 5) is 23.3. The number of hydrogen-bond acceptors (Lipinski definition) is 6. The highest BCUT2D eigenvalue weighted by Gasteiger charge is 2.17. The zero-order valence-electron chi connectivity index (χ0n) is 16.6. The van der Waals surface area contributed by atoms with Crippen molar-refractivity contribution >= 4 is 23.5 Å². The van der Waals surface area contributed by atoms with Gasteiger partial charge in [-0.1, -0.05) is 25.5 Å².